The first-order chi connectivity index (χ1) is 8.88. The average molecular weight is 237 g/mol. The maximum absolute atomic E-state index is 11.0. The van der Waals surface area contributed by atoms with E-state index in [1.165, 1.54) is 0 Å². The first-order valence-corrected chi connectivity index (χ1v) is 5.66. The Balaban J connectivity index is 2.10. The van der Waals surface area contributed by atoms with E-state index in [-0.39, 0.29) is 0 Å². The summed E-state index contributed by atoms with van der Waals surface area (Å²) in [5, 5.41) is 0.890. The zero-order valence-electron chi connectivity index (χ0n) is 9.65. The van der Waals surface area contributed by atoms with Gasteiger partial charge in [-0.25, -0.2) is 4.98 Å². The fourth-order valence-electron chi connectivity index (χ4n) is 2.05. The Morgan fingerprint density at radius 3 is 2.78 bits per heavy atom. The Labute approximate surface area is 104 Å². The van der Waals surface area contributed by atoms with Crippen molar-refractivity contribution in [3.05, 3.63) is 60.2 Å². The molecule has 18 heavy (non-hydrogen) atoms. The summed E-state index contributed by atoms with van der Waals surface area (Å²) in [5.74, 6) is 0. The van der Waals surface area contributed by atoms with Gasteiger partial charge in [0.2, 0.25) is 0 Å². The molecule has 3 heterocycles. The van der Waals surface area contributed by atoms with Crippen molar-refractivity contribution >= 4 is 17.3 Å². The molecule has 0 amide bonds. The Kier molecular flexibility index (Phi) is 2.61. The standard InChI is InChI=1S/C14H11N3O/c18-10-12-9-17(8-11-3-6-15-7-4-11)14-13(12)2-1-5-16-14/h1-7,9-10H,8H2. The lowest BCUT2D eigenvalue weighted by Gasteiger charge is -2.03. The topological polar surface area (TPSA) is 47.8 Å². The minimum atomic E-state index is 0.673. The molecule has 0 radical (unpaired) electrons. The van der Waals surface area contributed by atoms with Gasteiger partial charge < -0.3 is 4.57 Å². The second-order valence-electron chi connectivity index (χ2n) is 4.06. The lowest BCUT2D eigenvalue weighted by Crippen LogP contribution is -1.98. The Morgan fingerprint density at radius 1 is 1.17 bits per heavy atom. The molecule has 0 aliphatic rings. The number of nitrogens with zero attached hydrogens (tertiary/aromatic N) is 3. The van der Waals surface area contributed by atoms with Gasteiger partial charge in [0.15, 0.2) is 6.29 Å². The second-order valence-corrected chi connectivity index (χ2v) is 4.06. The second kappa shape index (κ2) is 4.41. The van der Waals surface area contributed by atoms with Crippen LogP contribution in [0.5, 0.6) is 0 Å². The fourth-order valence-corrected chi connectivity index (χ4v) is 2.05. The van der Waals surface area contributed by atoms with Gasteiger partial charge in [0.1, 0.15) is 5.65 Å². The van der Waals surface area contributed by atoms with E-state index in [1.807, 2.05) is 35.0 Å². The molecule has 3 aromatic rings. The SMILES string of the molecule is O=Cc1cn(Cc2ccncc2)c2ncccc12. The van der Waals surface area contributed by atoms with Crippen LogP contribution in [0.4, 0.5) is 0 Å². The van der Waals surface area contributed by atoms with Gasteiger partial charge in [0, 0.05) is 42.3 Å². The zero-order chi connectivity index (χ0) is 12.4. The first kappa shape index (κ1) is 10.7. The van der Waals surface area contributed by atoms with Gasteiger partial charge in [-0.2, -0.15) is 0 Å². The molecule has 0 N–H and O–H groups in total. The number of aldehydes is 1. The van der Waals surface area contributed by atoms with E-state index in [1.54, 1.807) is 18.6 Å². The first-order valence-electron chi connectivity index (χ1n) is 5.66. The van der Waals surface area contributed by atoms with Gasteiger partial charge in [-0.05, 0) is 29.8 Å². The molecular formula is C14H11N3O. The Morgan fingerprint density at radius 2 is 2.00 bits per heavy atom. The van der Waals surface area contributed by atoms with Crippen LogP contribution in [0.15, 0.2) is 49.1 Å². The van der Waals surface area contributed by atoms with Crippen molar-refractivity contribution < 1.29 is 4.79 Å². The van der Waals surface area contributed by atoms with Crippen LogP contribution in [0.3, 0.4) is 0 Å². The van der Waals surface area contributed by atoms with Crippen molar-refractivity contribution in [2.75, 3.05) is 0 Å². The number of aromatic nitrogens is 3. The summed E-state index contributed by atoms with van der Waals surface area (Å²) in [6.07, 6.45) is 7.96. The van der Waals surface area contributed by atoms with Crippen molar-refractivity contribution in [2.45, 2.75) is 6.54 Å². The van der Waals surface area contributed by atoms with Crippen molar-refractivity contribution in [1.82, 2.24) is 14.5 Å². The van der Waals surface area contributed by atoms with Crippen LogP contribution in [0.1, 0.15) is 15.9 Å². The highest BCUT2D eigenvalue weighted by Gasteiger charge is 2.08. The van der Waals surface area contributed by atoms with Gasteiger partial charge in [0.25, 0.3) is 0 Å². The molecule has 0 bridgehead atoms. The van der Waals surface area contributed by atoms with E-state index < -0.39 is 0 Å². The largest absolute Gasteiger partial charge is 0.327 e. The zero-order valence-corrected chi connectivity index (χ0v) is 9.65. The molecule has 3 rings (SSSR count). The lowest BCUT2D eigenvalue weighted by molar-refractivity contribution is 0.112. The summed E-state index contributed by atoms with van der Waals surface area (Å²) in [6, 6.07) is 7.66. The molecule has 0 aliphatic carbocycles. The maximum atomic E-state index is 11.0. The summed E-state index contributed by atoms with van der Waals surface area (Å²) in [7, 11) is 0. The number of rotatable bonds is 3. The number of fused-ring (bicyclic) bond motifs is 1. The quantitative estimate of drug-likeness (QED) is 0.657. The van der Waals surface area contributed by atoms with E-state index in [0.717, 1.165) is 22.9 Å². The Hall–Kier alpha value is -2.49. The molecule has 0 fully saturated rings. The lowest BCUT2D eigenvalue weighted by atomic mass is 10.2. The number of hydrogen-bond donors (Lipinski definition) is 0. The molecular weight excluding hydrogens is 226 g/mol. The van der Waals surface area contributed by atoms with Crippen LogP contribution >= 0.6 is 0 Å². The highest BCUT2D eigenvalue weighted by molar-refractivity contribution is 5.95. The van der Waals surface area contributed by atoms with Crippen LogP contribution in [0.25, 0.3) is 11.0 Å². The number of carbonyl (C=O) groups is 1. The highest BCUT2D eigenvalue weighted by atomic mass is 16.1. The van der Waals surface area contributed by atoms with Crippen molar-refractivity contribution in [3.8, 4) is 0 Å². The van der Waals surface area contributed by atoms with Crippen molar-refractivity contribution in [1.29, 1.82) is 0 Å². The summed E-state index contributed by atoms with van der Waals surface area (Å²) in [4.78, 5) is 19.4. The molecule has 3 aromatic heterocycles. The Bertz CT molecular complexity index is 689. The third-order valence-corrected chi connectivity index (χ3v) is 2.89. The molecule has 0 aliphatic heterocycles. The molecule has 4 heteroatoms. The summed E-state index contributed by atoms with van der Waals surface area (Å²) >= 11 is 0. The van der Waals surface area contributed by atoms with E-state index in [0.29, 0.717) is 12.1 Å². The molecule has 88 valence electrons. The molecule has 0 spiro atoms. The molecule has 4 nitrogen and oxygen atoms in total. The van der Waals surface area contributed by atoms with Gasteiger partial charge in [-0.15, -0.1) is 0 Å². The van der Waals surface area contributed by atoms with Gasteiger partial charge in [-0.3, -0.25) is 9.78 Å². The number of carbonyl (C=O) groups excluding carboxylic acids is 1. The molecule has 0 atom stereocenters. The summed E-state index contributed by atoms with van der Waals surface area (Å²) < 4.78 is 1.98. The van der Waals surface area contributed by atoms with Gasteiger partial charge in [-0.1, -0.05) is 0 Å². The summed E-state index contributed by atoms with van der Waals surface area (Å²) in [5.41, 5.74) is 2.63. The van der Waals surface area contributed by atoms with E-state index in [4.69, 9.17) is 0 Å². The highest BCUT2D eigenvalue weighted by Crippen LogP contribution is 2.18. The van der Waals surface area contributed by atoms with Gasteiger partial charge >= 0.3 is 0 Å². The predicted molar refractivity (Wildman–Crippen MR) is 68.5 cm³/mol. The monoisotopic (exact) mass is 237 g/mol. The molecule has 0 unspecified atom stereocenters. The van der Waals surface area contributed by atoms with Crippen molar-refractivity contribution in [3.63, 3.8) is 0 Å². The van der Waals surface area contributed by atoms with Crippen LogP contribution in [0.2, 0.25) is 0 Å². The van der Waals surface area contributed by atoms with Gasteiger partial charge in [0.05, 0.1) is 0 Å². The smallest absolute Gasteiger partial charge is 0.152 e. The minimum Gasteiger partial charge on any atom is -0.327 e. The van der Waals surface area contributed by atoms with Crippen LogP contribution in [-0.2, 0) is 6.54 Å². The normalized spacial score (nSPS) is 10.7. The van der Waals surface area contributed by atoms with E-state index in [9.17, 15) is 4.79 Å². The third kappa shape index (κ3) is 1.78. The van der Waals surface area contributed by atoms with Crippen LogP contribution in [0, 0.1) is 0 Å². The van der Waals surface area contributed by atoms with Crippen LogP contribution < -0.4 is 0 Å². The number of pyridine rings is 2. The minimum absolute atomic E-state index is 0.673. The third-order valence-electron chi connectivity index (χ3n) is 2.89. The molecule has 0 saturated carbocycles. The van der Waals surface area contributed by atoms with E-state index >= 15 is 0 Å². The fraction of sp³-hybridized carbons (Fsp3) is 0.0714. The summed E-state index contributed by atoms with van der Waals surface area (Å²) in [6.45, 7) is 0.684. The maximum Gasteiger partial charge on any atom is 0.152 e. The molecule has 0 saturated heterocycles. The predicted octanol–water partition coefficient (Wildman–Crippen LogP) is 2.29. The van der Waals surface area contributed by atoms with Crippen LogP contribution in [-0.4, -0.2) is 20.8 Å². The van der Waals surface area contributed by atoms with E-state index in [2.05, 4.69) is 9.97 Å². The molecule has 0 aromatic carbocycles. The average Bonchev–Trinajstić information content (AvgIpc) is 2.78. The number of hydrogen-bond acceptors (Lipinski definition) is 3. The van der Waals surface area contributed by atoms with Crippen molar-refractivity contribution in [2.24, 2.45) is 0 Å².